The molecule has 0 N–H and O–H groups in total. The lowest BCUT2D eigenvalue weighted by molar-refractivity contribution is -0.137. The number of aryl methyl sites for hydroxylation is 1. The van der Waals surface area contributed by atoms with E-state index < -0.39 is 0 Å². The third-order valence-corrected chi connectivity index (χ3v) is 6.23. The molecule has 2 saturated heterocycles. The second-order valence-corrected chi connectivity index (χ2v) is 8.07. The van der Waals surface area contributed by atoms with Gasteiger partial charge in [0.25, 0.3) is 0 Å². The molecule has 3 rings (SSSR count). The SMILES string of the molecule is Cc1cnc(C2(C)CCN(C(=O)C3CC(=O)N(C)C3)CC2)s1. The Morgan fingerprint density at radius 2 is 2.09 bits per heavy atom. The predicted molar refractivity (Wildman–Crippen MR) is 85.8 cm³/mol. The van der Waals surface area contributed by atoms with Crippen molar-refractivity contribution in [3.8, 4) is 0 Å². The molecule has 0 bridgehead atoms. The molecule has 1 aromatic rings. The zero-order valence-corrected chi connectivity index (χ0v) is 14.3. The van der Waals surface area contributed by atoms with Crippen LogP contribution in [-0.2, 0) is 15.0 Å². The van der Waals surface area contributed by atoms with Crippen molar-refractivity contribution in [3.05, 3.63) is 16.1 Å². The largest absolute Gasteiger partial charge is 0.345 e. The molecule has 2 aliphatic rings. The summed E-state index contributed by atoms with van der Waals surface area (Å²) >= 11 is 1.76. The molecule has 1 aromatic heterocycles. The molecule has 120 valence electrons. The summed E-state index contributed by atoms with van der Waals surface area (Å²) < 4.78 is 0. The number of carbonyl (C=O) groups excluding carboxylic acids is 2. The summed E-state index contributed by atoms with van der Waals surface area (Å²) in [6.07, 6.45) is 4.20. The summed E-state index contributed by atoms with van der Waals surface area (Å²) in [4.78, 5) is 33.6. The van der Waals surface area contributed by atoms with Crippen molar-refractivity contribution in [1.29, 1.82) is 0 Å². The van der Waals surface area contributed by atoms with Crippen LogP contribution in [0.15, 0.2) is 6.20 Å². The van der Waals surface area contributed by atoms with Gasteiger partial charge in [-0.05, 0) is 19.8 Å². The fourth-order valence-corrected chi connectivity index (χ4v) is 4.32. The maximum atomic E-state index is 12.6. The molecule has 1 atom stereocenters. The van der Waals surface area contributed by atoms with Gasteiger partial charge in [0, 0.05) is 49.6 Å². The number of rotatable bonds is 2. The summed E-state index contributed by atoms with van der Waals surface area (Å²) in [6.45, 7) is 6.43. The normalized spacial score (nSPS) is 24.9. The highest BCUT2D eigenvalue weighted by atomic mass is 32.1. The van der Waals surface area contributed by atoms with Crippen molar-refractivity contribution in [2.45, 2.75) is 38.5 Å². The zero-order valence-electron chi connectivity index (χ0n) is 13.5. The molecule has 0 saturated carbocycles. The highest BCUT2D eigenvalue weighted by molar-refractivity contribution is 7.11. The van der Waals surface area contributed by atoms with Crippen molar-refractivity contribution < 1.29 is 9.59 Å². The van der Waals surface area contributed by atoms with Gasteiger partial charge in [-0.25, -0.2) is 4.98 Å². The number of piperidine rings is 1. The molecule has 5 nitrogen and oxygen atoms in total. The minimum absolute atomic E-state index is 0.0813. The van der Waals surface area contributed by atoms with Gasteiger partial charge in [-0.1, -0.05) is 6.92 Å². The average Bonchev–Trinajstić information content (AvgIpc) is 3.06. The first-order valence-corrected chi connectivity index (χ1v) is 8.66. The number of hydrogen-bond donors (Lipinski definition) is 0. The van der Waals surface area contributed by atoms with E-state index in [4.69, 9.17) is 0 Å². The van der Waals surface area contributed by atoms with E-state index in [2.05, 4.69) is 18.8 Å². The van der Waals surface area contributed by atoms with Gasteiger partial charge in [0.2, 0.25) is 11.8 Å². The molecular weight excluding hydrogens is 298 g/mol. The third kappa shape index (κ3) is 2.76. The summed E-state index contributed by atoms with van der Waals surface area (Å²) in [5.41, 5.74) is 0.0813. The number of thiazole rings is 1. The Bertz CT molecular complexity index is 590. The Morgan fingerprint density at radius 3 is 2.59 bits per heavy atom. The van der Waals surface area contributed by atoms with Crippen molar-refractivity contribution in [1.82, 2.24) is 14.8 Å². The molecule has 22 heavy (non-hydrogen) atoms. The molecule has 0 aromatic carbocycles. The van der Waals surface area contributed by atoms with Crippen molar-refractivity contribution in [3.63, 3.8) is 0 Å². The molecule has 2 aliphatic heterocycles. The Morgan fingerprint density at radius 1 is 1.41 bits per heavy atom. The van der Waals surface area contributed by atoms with E-state index in [1.807, 2.05) is 11.1 Å². The maximum Gasteiger partial charge on any atom is 0.227 e. The van der Waals surface area contributed by atoms with E-state index in [0.717, 1.165) is 25.9 Å². The van der Waals surface area contributed by atoms with E-state index >= 15 is 0 Å². The van der Waals surface area contributed by atoms with E-state index in [-0.39, 0.29) is 23.1 Å². The Balaban J connectivity index is 1.62. The summed E-state index contributed by atoms with van der Waals surface area (Å²) in [6, 6.07) is 0. The lowest BCUT2D eigenvalue weighted by Gasteiger charge is -2.39. The van der Waals surface area contributed by atoms with Gasteiger partial charge >= 0.3 is 0 Å². The van der Waals surface area contributed by atoms with Crippen molar-refractivity contribution in [2.24, 2.45) is 5.92 Å². The highest BCUT2D eigenvalue weighted by Crippen LogP contribution is 2.37. The number of hydrogen-bond acceptors (Lipinski definition) is 4. The van der Waals surface area contributed by atoms with Crippen LogP contribution in [0.25, 0.3) is 0 Å². The second-order valence-electron chi connectivity index (χ2n) is 6.84. The van der Waals surface area contributed by atoms with Crippen LogP contribution in [0, 0.1) is 12.8 Å². The molecule has 0 spiro atoms. The molecule has 3 heterocycles. The quantitative estimate of drug-likeness (QED) is 0.835. The van der Waals surface area contributed by atoms with Gasteiger partial charge in [-0.15, -0.1) is 11.3 Å². The van der Waals surface area contributed by atoms with Crippen LogP contribution < -0.4 is 0 Å². The smallest absolute Gasteiger partial charge is 0.227 e. The van der Waals surface area contributed by atoms with Crippen molar-refractivity contribution in [2.75, 3.05) is 26.7 Å². The molecule has 0 aliphatic carbocycles. The highest BCUT2D eigenvalue weighted by Gasteiger charge is 2.39. The fourth-order valence-electron chi connectivity index (χ4n) is 3.36. The number of nitrogens with zero attached hydrogens (tertiary/aromatic N) is 3. The van der Waals surface area contributed by atoms with Gasteiger partial charge in [0.15, 0.2) is 0 Å². The molecule has 2 amide bonds. The monoisotopic (exact) mass is 321 g/mol. The lowest BCUT2D eigenvalue weighted by Crippen LogP contribution is -2.46. The van der Waals surface area contributed by atoms with Crippen LogP contribution in [0.2, 0.25) is 0 Å². The standard InChI is InChI=1S/C16H23N3O2S/c1-11-9-17-15(22-11)16(2)4-6-19(7-5-16)14(21)12-8-13(20)18(3)10-12/h9,12H,4-8,10H2,1-3H3. The summed E-state index contributed by atoms with van der Waals surface area (Å²) in [7, 11) is 1.77. The van der Waals surface area contributed by atoms with Crippen LogP contribution in [0.3, 0.4) is 0 Å². The van der Waals surface area contributed by atoms with Gasteiger partial charge in [-0.2, -0.15) is 0 Å². The van der Waals surface area contributed by atoms with E-state index in [0.29, 0.717) is 13.0 Å². The molecule has 1 unspecified atom stereocenters. The van der Waals surface area contributed by atoms with Crippen LogP contribution >= 0.6 is 11.3 Å². The molecular formula is C16H23N3O2S. The minimum atomic E-state index is -0.149. The molecule has 2 fully saturated rings. The van der Waals surface area contributed by atoms with Crippen LogP contribution in [-0.4, -0.2) is 53.3 Å². The first-order chi connectivity index (χ1) is 10.4. The number of amides is 2. The van der Waals surface area contributed by atoms with Crippen molar-refractivity contribution >= 4 is 23.2 Å². The summed E-state index contributed by atoms with van der Waals surface area (Å²) in [5, 5.41) is 1.19. The van der Waals surface area contributed by atoms with Crippen LogP contribution in [0.4, 0.5) is 0 Å². The summed E-state index contributed by atoms with van der Waals surface area (Å²) in [5.74, 6) is 0.0810. The topological polar surface area (TPSA) is 53.5 Å². The van der Waals surface area contributed by atoms with Gasteiger partial charge < -0.3 is 9.80 Å². The Labute approximate surface area is 135 Å². The Kier molecular flexibility index (Phi) is 3.97. The first-order valence-electron chi connectivity index (χ1n) is 7.85. The van der Waals surface area contributed by atoms with E-state index in [9.17, 15) is 9.59 Å². The Hall–Kier alpha value is -1.43. The van der Waals surface area contributed by atoms with Crippen LogP contribution in [0.5, 0.6) is 0 Å². The minimum Gasteiger partial charge on any atom is -0.345 e. The molecule has 0 radical (unpaired) electrons. The zero-order chi connectivity index (χ0) is 15.9. The fraction of sp³-hybridized carbons (Fsp3) is 0.688. The second kappa shape index (κ2) is 5.65. The predicted octanol–water partition coefficient (Wildman–Crippen LogP) is 1.81. The number of aromatic nitrogens is 1. The third-order valence-electron chi connectivity index (χ3n) is 5.01. The van der Waals surface area contributed by atoms with E-state index in [1.54, 1.807) is 23.3 Å². The van der Waals surface area contributed by atoms with E-state index in [1.165, 1.54) is 9.88 Å². The maximum absolute atomic E-state index is 12.6. The number of likely N-dealkylation sites (tertiary alicyclic amines) is 2. The van der Waals surface area contributed by atoms with Gasteiger partial charge in [0.1, 0.15) is 0 Å². The lowest BCUT2D eigenvalue weighted by atomic mass is 9.80. The van der Waals surface area contributed by atoms with Gasteiger partial charge in [-0.3, -0.25) is 9.59 Å². The average molecular weight is 321 g/mol. The van der Waals surface area contributed by atoms with Crippen LogP contribution in [0.1, 0.15) is 36.1 Å². The number of carbonyl (C=O) groups is 2. The molecule has 6 heteroatoms. The first kappa shape index (κ1) is 15.5. The van der Waals surface area contributed by atoms with Gasteiger partial charge in [0.05, 0.1) is 10.9 Å².